The Hall–Kier alpha value is -4.89. The van der Waals surface area contributed by atoms with Crippen molar-refractivity contribution in [3.8, 4) is 28.3 Å². The number of hydrogen-bond donors (Lipinski definition) is 3. The van der Waals surface area contributed by atoms with E-state index in [1.54, 1.807) is 42.5 Å². The number of carboxylic acid groups (broad SMARTS) is 1. The number of ether oxygens (including phenoxy) is 1. The number of aromatic carboxylic acids is 1. The fraction of sp³-hybridized carbons (Fsp3) is 0.270. The van der Waals surface area contributed by atoms with E-state index >= 15 is 4.39 Å². The number of imidazole rings is 1. The predicted molar refractivity (Wildman–Crippen MR) is 183 cm³/mol. The van der Waals surface area contributed by atoms with Gasteiger partial charge < -0.3 is 25.0 Å². The number of urea groups is 1. The molecule has 0 bridgehead atoms. The van der Waals surface area contributed by atoms with E-state index in [0.717, 1.165) is 54.3 Å². The van der Waals surface area contributed by atoms with Crippen molar-refractivity contribution in [2.24, 2.45) is 0 Å². The number of halogens is 2. The predicted octanol–water partition coefficient (Wildman–Crippen LogP) is 9.48. The lowest BCUT2D eigenvalue weighted by molar-refractivity contribution is 0.0697. The molecule has 47 heavy (non-hydrogen) atoms. The number of anilines is 1. The molecule has 0 saturated heterocycles. The molecule has 5 aromatic rings. The lowest BCUT2D eigenvalue weighted by Gasteiger charge is -2.25. The minimum absolute atomic E-state index is 0.0228. The van der Waals surface area contributed by atoms with Crippen LogP contribution in [0.15, 0.2) is 78.9 Å². The molecular weight excluding hydrogens is 619 g/mol. The fourth-order valence-corrected chi connectivity index (χ4v) is 6.32. The van der Waals surface area contributed by atoms with Gasteiger partial charge >= 0.3 is 12.0 Å². The Morgan fingerprint density at radius 2 is 1.72 bits per heavy atom. The van der Waals surface area contributed by atoms with E-state index < -0.39 is 11.8 Å². The quantitative estimate of drug-likeness (QED) is 0.147. The van der Waals surface area contributed by atoms with Gasteiger partial charge in [0.05, 0.1) is 22.2 Å². The maximum Gasteiger partial charge on any atom is 0.335 e. The Kier molecular flexibility index (Phi) is 9.45. The minimum Gasteiger partial charge on any atom is -0.489 e. The minimum atomic E-state index is -1.03. The summed E-state index contributed by atoms with van der Waals surface area (Å²) >= 11 is 6.13. The van der Waals surface area contributed by atoms with Crippen LogP contribution in [-0.4, -0.2) is 32.7 Å². The van der Waals surface area contributed by atoms with Crippen LogP contribution in [0, 0.1) is 5.82 Å². The highest BCUT2D eigenvalue weighted by atomic mass is 35.5. The molecule has 0 radical (unpaired) electrons. The standard InChI is InChI=1S/C37H36ClFN4O4/c1-22(2)40-37(46)41-27-13-15-30(23-8-11-26(38)12-9-23)25(18-27)21-47-29-14-16-31(32(39)20-29)35-42-33-19-24(36(44)45)10-17-34(33)43(35)28-6-4-3-5-7-28/h8-20,22,28H,3-7,21H2,1-2H3,(H,44,45)(H2,40,41,46). The van der Waals surface area contributed by atoms with Gasteiger partial charge in [0.25, 0.3) is 0 Å². The Labute approximate surface area is 277 Å². The SMILES string of the molecule is CC(C)NC(=O)Nc1ccc(-c2ccc(Cl)cc2)c(COc2ccc(-c3nc4cc(C(=O)O)ccc4n3C3CCCCC3)c(F)c2)c1. The van der Waals surface area contributed by atoms with E-state index in [1.807, 2.05) is 44.2 Å². The molecule has 2 amide bonds. The molecule has 0 unspecified atom stereocenters. The molecule has 4 aromatic carbocycles. The van der Waals surface area contributed by atoms with Crippen LogP contribution in [0.5, 0.6) is 5.75 Å². The van der Waals surface area contributed by atoms with Crippen molar-refractivity contribution in [3.05, 3.63) is 101 Å². The van der Waals surface area contributed by atoms with Gasteiger partial charge in [0.2, 0.25) is 0 Å². The van der Waals surface area contributed by atoms with Crippen molar-refractivity contribution in [1.29, 1.82) is 0 Å². The summed E-state index contributed by atoms with van der Waals surface area (Å²) in [6.45, 7) is 3.87. The maximum absolute atomic E-state index is 15.9. The Morgan fingerprint density at radius 3 is 2.43 bits per heavy atom. The average Bonchev–Trinajstić information content (AvgIpc) is 3.43. The first-order valence-electron chi connectivity index (χ1n) is 15.8. The highest BCUT2D eigenvalue weighted by Crippen LogP contribution is 2.38. The number of benzene rings is 4. The number of amides is 2. The number of carbonyl (C=O) groups is 2. The third-order valence-corrected chi connectivity index (χ3v) is 8.64. The smallest absolute Gasteiger partial charge is 0.335 e. The number of fused-ring (bicyclic) bond motifs is 1. The van der Waals surface area contributed by atoms with E-state index in [0.29, 0.717) is 33.4 Å². The first-order chi connectivity index (χ1) is 22.7. The first-order valence-corrected chi connectivity index (χ1v) is 16.2. The van der Waals surface area contributed by atoms with Crippen LogP contribution in [0.3, 0.4) is 0 Å². The largest absolute Gasteiger partial charge is 0.489 e. The molecule has 8 nitrogen and oxygen atoms in total. The zero-order valence-corrected chi connectivity index (χ0v) is 27.0. The number of nitrogens with one attached hydrogen (secondary N) is 2. The third-order valence-electron chi connectivity index (χ3n) is 8.39. The van der Waals surface area contributed by atoms with E-state index in [9.17, 15) is 14.7 Å². The average molecular weight is 655 g/mol. The van der Waals surface area contributed by atoms with Gasteiger partial charge in [0.1, 0.15) is 24.0 Å². The second-order valence-electron chi connectivity index (χ2n) is 12.2. The van der Waals surface area contributed by atoms with Crippen LogP contribution >= 0.6 is 11.6 Å². The van der Waals surface area contributed by atoms with Crippen molar-refractivity contribution in [2.75, 3.05) is 5.32 Å². The zero-order valence-electron chi connectivity index (χ0n) is 26.2. The lowest BCUT2D eigenvalue weighted by Crippen LogP contribution is -2.34. The third kappa shape index (κ3) is 7.25. The summed E-state index contributed by atoms with van der Waals surface area (Å²) in [5.74, 6) is -0.723. The second kappa shape index (κ2) is 13.8. The van der Waals surface area contributed by atoms with Gasteiger partial charge in [-0.3, -0.25) is 0 Å². The van der Waals surface area contributed by atoms with E-state index in [-0.39, 0.29) is 30.3 Å². The Balaban J connectivity index is 1.30. The van der Waals surface area contributed by atoms with Gasteiger partial charge in [-0.05, 0) is 98.0 Å². The molecule has 0 aliphatic heterocycles. The molecule has 10 heteroatoms. The number of carboxylic acids is 1. The Bertz CT molecular complexity index is 1930. The molecule has 1 heterocycles. The number of aromatic nitrogens is 2. The van der Waals surface area contributed by atoms with Gasteiger partial charge in [0, 0.05) is 28.9 Å². The molecule has 1 aliphatic carbocycles. The monoisotopic (exact) mass is 654 g/mol. The van der Waals surface area contributed by atoms with Crippen molar-refractivity contribution in [2.45, 2.75) is 64.6 Å². The fourth-order valence-electron chi connectivity index (χ4n) is 6.19. The van der Waals surface area contributed by atoms with Gasteiger partial charge in [-0.25, -0.2) is 19.0 Å². The molecule has 0 atom stereocenters. The molecular formula is C37H36ClFN4O4. The highest BCUT2D eigenvalue weighted by Gasteiger charge is 2.25. The van der Waals surface area contributed by atoms with Crippen LogP contribution in [0.25, 0.3) is 33.5 Å². The van der Waals surface area contributed by atoms with Crippen LogP contribution in [0.1, 0.15) is 67.9 Å². The van der Waals surface area contributed by atoms with E-state index in [1.165, 1.54) is 6.07 Å². The molecule has 1 saturated carbocycles. The van der Waals surface area contributed by atoms with Crippen molar-refractivity contribution in [3.63, 3.8) is 0 Å². The molecule has 6 rings (SSSR count). The molecule has 1 fully saturated rings. The van der Waals surface area contributed by atoms with E-state index in [4.69, 9.17) is 21.3 Å². The molecule has 1 aliphatic rings. The second-order valence-corrected chi connectivity index (χ2v) is 12.6. The van der Waals surface area contributed by atoms with Crippen molar-refractivity contribution < 1.29 is 23.8 Å². The summed E-state index contributed by atoms with van der Waals surface area (Å²) in [6, 6.07) is 22.4. The summed E-state index contributed by atoms with van der Waals surface area (Å²) in [5, 5.41) is 15.8. The molecule has 1 aromatic heterocycles. The summed E-state index contributed by atoms with van der Waals surface area (Å²) in [4.78, 5) is 28.8. The number of hydrogen-bond acceptors (Lipinski definition) is 4. The Morgan fingerprint density at radius 1 is 0.979 bits per heavy atom. The maximum atomic E-state index is 15.9. The van der Waals surface area contributed by atoms with Crippen LogP contribution in [-0.2, 0) is 6.61 Å². The number of nitrogens with zero attached hydrogens (tertiary/aromatic N) is 2. The first kappa shape index (κ1) is 32.1. The topological polar surface area (TPSA) is 105 Å². The molecule has 242 valence electrons. The lowest BCUT2D eigenvalue weighted by atomic mass is 9.94. The van der Waals surface area contributed by atoms with Crippen molar-refractivity contribution in [1.82, 2.24) is 14.9 Å². The molecule has 0 spiro atoms. The van der Waals surface area contributed by atoms with Gasteiger partial charge in [-0.2, -0.15) is 0 Å². The summed E-state index contributed by atoms with van der Waals surface area (Å²) in [7, 11) is 0. The van der Waals surface area contributed by atoms with Crippen molar-refractivity contribution >= 4 is 40.3 Å². The number of rotatable bonds is 9. The van der Waals surface area contributed by atoms with E-state index in [2.05, 4.69) is 15.2 Å². The van der Waals surface area contributed by atoms with Crippen LogP contribution in [0.4, 0.5) is 14.9 Å². The van der Waals surface area contributed by atoms with Gasteiger partial charge in [-0.1, -0.05) is 49.1 Å². The van der Waals surface area contributed by atoms with Crippen LogP contribution in [0.2, 0.25) is 5.02 Å². The normalized spacial score (nSPS) is 13.6. The summed E-state index contributed by atoms with van der Waals surface area (Å²) in [5.41, 5.74) is 4.95. The molecule has 3 N–H and O–H groups in total. The van der Waals surface area contributed by atoms with Gasteiger partial charge in [0.15, 0.2) is 0 Å². The highest BCUT2D eigenvalue weighted by molar-refractivity contribution is 6.30. The zero-order chi connectivity index (χ0) is 33.1. The summed E-state index contributed by atoms with van der Waals surface area (Å²) in [6.07, 6.45) is 5.20. The van der Waals surface area contributed by atoms with Gasteiger partial charge in [-0.15, -0.1) is 0 Å². The van der Waals surface area contributed by atoms with Crippen LogP contribution < -0.4 is 15.4 Å². The summed E-state index contributed by atoms with van der Waals surface area (Å²) < 4.78 is 24.2. The number of carbonyl (C=O) groups excluding carboxylic acids is 1.